The van der Waals surface area contributed by atoms with Gasteiger partial charge in [0, 0.05) is 29.8 Å². The highest BCUT2D eigenvalue weighted by molar-refractivity contribution is 5.85. The number of hydrogen-bond acceptors (Lipinski definition) is 1. The van der Waals surface area contributed by atoms with Crippen LogP contribution in [0, 0.1) is 0 Å². The molecule has 1 aliphatic heterocycles. The lowest BCUT2D eigenvalue weighted by molar-refractivity contribution is 0.313. The third kappa shape index (κ3) is 1.44. The molecule has 2 bridgehead atoms. The molecule has 0 radical (unpaired) electrons. The molecular weight excluding hydrogens is 290 g/mol. The van der Waals surface area contributed by atoms with Crippen LogP contribution in [0.5, 0.6) is 0 Å². The number of fused-ring (bicyclic) bond motifs is 3. The maximum atomic E-state index is 2.54. The van der Waals surface area contributed by atoms with Gasteiger partial charge in [0.25, 0.3) is 0 Å². The second-order valence-electron chi connectivity index (χ2n) is 7.55. The molecule has 0 amide bonds. The first-order valence-electron chi connectivity index (χ1n) is 8.03. The number of rotatable bonds is 0. The molecule has 2 heteroatoms. The summed E-state index contributed by atoms with van der Waals surface area (Å²) in [4.78, 5) is 2.54. The van der Waals surface area contributed by atoms with Crippen molar-refractivity contribution < 1.29 is 0 Å². The van der Waals surface area contributed by atoms with Crippen molar-refractivity contribution in [2.24, 2.45) is 0 Å². The van der Waals surface area contributed by atoms with E-state index in [1.165, 1.54) is 19.5 Å². The molecule has 22 heavy (non-hydrogen) atoms. The van der Waals surface area contributed by atoms with Crippen molar-refractivity contribution in [1.82, 2.24) is 4.90 Å². The predicted molar refractivity (Wildman–Crippen MR) is 93.1 cm³/mol. The average Bonchev–Trinajstić information content (AvgIpc) is 2.95. The summed E-state index contributed by atoms with van der Waals surface area (Å²) in [5, 5.41) is 0. The number of halogens is 1. The minimum absolute atomic E-state index is 0. The van der Waals surface area contributed by atoms with E-state index in [-0.39, 0.29) is 17.8 Å². The fraction of sp³-hybridized carbons (Fsp3) is 0.400. The van der Waals surface area contributed by atoms with Crippen LogP contribution in [0.2, 0.25) is 0 Å². The van der Waals surface area contributed by atoms with E-state index in [9.17, 15) is 0 Å². The summed E-state index contributed by atoms with van der Waals surface area (Å²) in [5.74, 6) is 0.662. The molecule has 2 aromatic rings. The van der Waals surface area contributed by atoms with Gasteiger partial charge in [-0.2, -0.15) is 0 Å². The second kappa shape index (κ2) is 4.37. The van der Waals surface area contributed by atoms with E-state index in [1.807, 2.05) is 0 Å². The first-order valence-corrected chi connectivity index (χ1v) is 8.03. The molecule has 3 atom stereocenters. The highest BCUT2D eigenvalue weighted by Gasteiger charge is 2.61. The van der Waals surface area contributed by atoms with Crippen molar-refractivity contribution in [3.05, 3.63) is 70.8 Å². The first kappa shape index (κ1) is 14.3. The van der Waals surface area contributed by atoms with Gasteiger partial charge in [-0.05, 0) is 35.7 Å². The lowest BCUT2D eigenvalue weighted by Gasteiger charge is -2.41. The minimum atomic E-state index is 0. The summed E-state index contributed by atoms with van der Waals surface area (Å²) in [5.41, 5.74) is 6.93. The van der Waals surface area contributed by atoms with Crippen molar-refractivity contribution in [1.29, 1.82) is 0 Å². The quantitative estimate of drug-likeness (QED) is 0.708. The van der Waals surface area contributed by atoms with Crippen LogP contribution in [-0.2, 0) is 10.8 Å². The summed E-state index contributed by atoms with van der Waals surface area (Å²) in [6, 6.07) is 18.4. The lowest BCUT2D eigenvalue weighted by Crippen LogP contribution is -2.39. The first-order chi connectivity index (χ1) is 10.2. The van der Waals surface area contributed by atoms with Gasteiger partial charge in [0.1, 0.15) is 0 Å². The molecule has 1 nitrogen and oxygen atoms in total. The van der Waals surface area contributed by atoms with E-state index >= 15 is 0 Å². The zero-order valence-corrected chi connectivity index (χ0v) is 14.0. The Morgan fingerprint density at radius 1 is 0.955 bits per heavy atom. The fourth-order valence-electron chi connectivity index (χ4n) is 5.75. The molecule has 1 heterocycles. The lowest BCUT2D eigenvalue weighted by atomic mass is 9.61. The second-order valence-corrected chi connectivity index (χ2v) is 7.55. The number of likely N-dealkylation sites (N-methyl/N-ethyl adjacent to an activating group) is 1. The normalized spacial score (nSPS) is 34.5. The zero-order valence-electron chi connectivity index (χ0n) is 13.2. The van der Waals surface area contributed by atoms with Gasteiger partial charge in [0.2, 0.25) is 0 Å². The molecule has 114 valence electrons. The third-order valence-corrected chi connectivity index (χ3v) is 6.37. The van der Waals surface area contributed by atoms with E-state index in [0.29, 0.717) is 11.3 Å². The Bertz CT molecular complexity index is 742. The number of hydrogen-bond donors (Lipinski definition) is 0. The third-order valence-electron chi connectivity index (χ3n) is 6.37. The zero-order chi connectivity index (χ0) is 14.2. The number of likely N-dealkylation sites (tertiary alicyclic amines) is 1. The van der Waals surface area contributed by atoms with Gasteiger partial charge in [0.05, 0.1) is 0 Å². The van der Waals surface area contributed by atoms with E-state index in [0.717, 1.165) is 0 Å². The Balaban J connectivity index is 0.00000125. The fourth-order valence-corrected chi connectivity index (χ4v) is 5.75. The van der Waals surface area contributed by atoms with Gasteiger partial charge in [-0.15, -0.1) is 12.4 Å². The molecule has 0 aromatic heterocycles. The van der Waals surface area contributed by atoms with Gasteiger partial charge in [-0.25, -0.2) is 0 Å². The van der Waals surface area contributed by atoms with E-state index in [2.05, 4.69) is 67.4 Å². The highest BCUT2D eigenvalue weighted by atomic mass is 35.5. The van der Waals surface area contributed by atoms with Gasteiger partial charge < -0.3 is 4.90 Å². The van der Waals surface area contributed by atoms with Crippen LogP contribution >= 0.6 is 12.4 Å². The maximum Gasteiger partial charge on any atom is 0.0189 e. The van der Waals surface area contributed by atoms with Crippen LogP contribution < -0.4 is 0 Å². The largest absolute Gasteiger partial charge is 0.305 e. The van der Waals surface area contributed by atoms with Gasteiger partial charge in [-0.1, -0.05) is 55.5 Å². The summed E-state index contributed by atoms with van der Waals surface area (Å²) in [6.45, 7) is 4.87. The Kier molecular flexibility index (Phi) is 2.84. The molecule has 0 N–H and O–H groups in total. The van der Waals surface area contributed by atoms with Crippen LogP contribution in [0.3, 0.4) is 0 Å². The van der Waals surface area contributed by atoms with E-state index in [1.54, 1.807) is 22.3 Å². The average molecular weight is 312 g/mol. The predicted octanol–water partition coefficient (Wildman–Crippen LogP) is 4.10. The van der Waals surface area contributed by atoms with Crippen molar-refractivity contribution in [2.45, 2.75) is 30.1 Å². The van der Waals surface area contributed by atoms with Crippen LogP contribution in [0.15, 0.2) is 48.5 Å². The molecular formula is C20H22ClN. The molecule has 1 spiro atoms. The molecule has 0 saturated carbocycles. The van der Waals surface area contributed by atoms with Crippen molar-refractivity contribution >= 4 is 12.4 Å². The minimum Gasteiger partial charge on any atom is -0.305 e. The standard InChI is InChI=1S/C20H21N.ClH/c1-19-12-20(17-10-6-5-9-16(17)19)13-21(2)11-18(20)14-7-3-4-8-15(14)19;/h3-10,18H,11-13H2,1-2H3;1H. The van der Waals surface area contributed by atoms with Crippen LogP contribution in [-0.4, -0.2) is 25.0 Å². The van der Waals surface area contributed by atoms with Crippen LogP contribution in [0.4, 0.5) is 0 Å². The molecule has 2 aromatic carbocycles. The Labute approximate surface area is 138 Å². The Morgan fingerprint density at radius 3 is 2.36 bits per heavy atom. The van der Waals surface area contributed by atoms with Gasteiger partial charge in [0.15, 0.2) is 0 Å². The van der Waals surface area contributed by atoms with Gasteiger partial charge >= 0.3 is 0 Å². The summed E-state index contributed by atoms with van der Waals surface area (Å²) >= 11 is 0. The smallest absolute Gasteiger partial charge is 0.0189 e. The Morgan fingerprint density at radius 2 is 1.59 bits per heavy atom. The summed E-state index contributed by atoms with van der Waals surface area (Å²) < 4.78 is 0. The monoisotopic (exact) mass is 311 g/mol. The number of nitrogens with zero attached hydrogens (tertiary/aromatic N) is 1. The Hall–Kier alpha value is -1.31. The molecule has 3 aliphatic rings. The van der Waals surface area contributed by atoms with Crippen molar-refractivity contribution in [3.63, 3.8) is 0 Å². The van der Waals surface area contributed by atoms with E-state index in [4.69, 9.17) is 0 Å². The molecule has 1 fully saturated rings. The highest BCUT2D eigenvalue weighted by Crippen LogP contribution is 2.65. The number of benzene rings is 2. The maximum absolute atomic E-state index is 2.54. The van der Waals surface area contributed by atoms with E-state index < -0.39 is 0 Å². The van der Waals surface area contributed by atoms with Gasteiger partial charge in [-0.3, -0.25) is 0 Å². The summed E-state index contributed by atoms with van der Waals surface area (Å²) in [6.07, 6.45) is 1.28. The SMILES string of the molecule is CN1CC2c3ccccc3C3(C)CC2(C1)c1ccccc13.Cl. The van der Waals surface area contributed by atoms with Crippen LogP contribution in [0.25, 0.3) is 0 Å². The van der Waals surface area contributed by atoms with Crippen molar-refractivity contribution in [3.8, 4) is 0 Å². The molecule has 5 rings (SSSR count). The van der Waals surface area contributed by atoms with Crippen molar-refractivity contribution in [2.75, 3.05) is 20.1 Å². The molecule has 1 saturated heterocycles. The molecule has 3 unspecified atom stereocenters. The topological polar surface area (TPSA) is 3.24 Å². The molecule has 2 aliphatic carbocycles. The summed E-state index contributed by atoms with van der Waals surface area (Å²) in [7, 11) is 2.29. The van der Waals surface area contributed by atoms with Crippen LogP contribution in [0.1, 0.15) is 41.5 Å².